The number of piperazine rings is 1. The van der Waals surface area contributed by atoms with Gasteiger partial charge in [-0.3, -0.25) is 9.88 Å². The molecule has 1 aliphatic heterocycles. The van der Waals surface area contributed by atoms with E-state index >= 15 is 0 Å². The standard InChI is InChI=1S/C22H21ClN4O3/c23-17-4-9-21(25-15-17)29-19-5-7-20(8-6-19)30-22(28)27-13-11-26(12-14-27)16-18-3-1-2-10-24-18/h1-10,15H,11-14,16H2. The van der Waals surface area contributed by atoms with E-state index in [1.807, 2.05) is 18.2 Å². The molecule has 0 radical (unpaired) electrons. The monoisotopic (exact) mass is 424 g/mol. The summed E-state index contributed by atoms with van der Waals surface area (Å²) in [6.07, 6.45) is 2.97. The lowest BCUT2D eigenvalue weighted by Gasteiger charge is -2.33. The molecule has 154 valence electrons. The number of rotatable bonds is 5. The molecule has 8 heteroatoms. The fraction of sp³-hybridized carbons (Fsp3) is 0.227. The van der Waals surface area contributed by atoms with Crippen molar-refractivity contribution in [1.82, 2.24) is 19.8 Å². The van der Waals surface area contributed by atoms with E-state index in [1.54, 1.807) is 47.5 Å². The van der Waals surface area contributed by atoms with Crippen LogP contribution >= 0.6 is 11.6 Å². The van der Waals surface area contributed by atoms with Crippen molar-refractivity contribution < 1.29 is 14.3 Å². The third-order valence-electron chi connectivity index (χ3n) is 4.69. The number of benzene rings is 1. The van der Waals surface area contributed by atoms with Crippen LogP contribution < -0.4 is 9.47 Å². The van der Waals surface area contributed by atoms with Gasteiger partial charge in [0, 0.05) is 51.2 Å². The zero-order chi connectivity index (χ0) is 20.8. The van der Waals surface area contributed by atoms with Crippen molar-refractivity contribution in [2.75, 3.05) is 26.2 Å². The van der Waals surface area contributed by atoms with Crippen LogP contribution in [0.2, 0.25) is 5.02 Å². The highest BCUT2D eigenvalue weighted by atomic mass is 35.5. The van der Waals surface area contributed by atoms with Gasteiger partial charge >= 0.3 is 6.09 Å². The first-order valence-corrected chi connectivity index (χ1v) is 10.0. The SMILES string of the molecule is O=C(Oc1ccc(Oc2ccc(Cl)cn2)cc1)N1CCN(Cc2ccccn2)CC1. The molecule has 3 aromatic rings. The Kier molecular flexibility index (Phi) is 6.41. The third-order valence-corrected chi connectivity index (χ3v) is 4.92. The third kappa shape index (κ3) is 5.46. The van der Waals surface area contributed by atoms with Crippen molar-refractivity contribution in [3.05, 3.63) is 77.7 Å². The second-order valence-electron chi connectivity index (χ2n) is 6.84. The molecule has 0 unspecified atom stereocenters. The van der Waals surface area contributed by atoms with Crippen LogP contribution in [0.15, 0.2) is 67.0 Å². The van der Waals surface area contributed by atoms with Gasteiger partial charge in [0.2, 0.25) is 5.88 Å². The molecular weight excluding hydrogens is 404 g/mol. The number of pyridine rings is 2. The Hall–Kier alpha value is -3.16. The Morgan fingerprint density at radius 1 is 0.933 bits per heavy atom. The van der Waals surface area contributed by atoms with Crippen molar-refractivity contribution >= 4 is 17.7 Å². The van der Waals surface area contributed by atoms with Crippen LogP contribution in [-0.2, 0) is 6.54 Å². The number of hydrogen-bond donors (Lipinski definition) is 0. The fourth-order valence-corrected chi connectivity index (χ4v) is 3.21. The summed E-state index contributed by atoms with van der Waals surface area (Å²) in [7, 11) is 0. The van der Waals surface area contributed by atoms with Crippen LogP contribution in [-0.4, -0.2) is 52.0 Å². The molecule has 0 bridgehead atoms. The first kappa shape index (κ1) is 20.1. The first-order valence-electron chi connectivity index (χ1n) is 9.64. The smallest absolute Gasteiger partial charge is 0.415 e. The average molecular weight is 425 g/mol. The van der Waals surface area contributed by atoms with Gasteiger partial charge in [0.05, 0.1) is 10.7 Å². The maximum Gasteiger partial charge on any atom is 0.415 e. The molecule has 1 fully saturated rings. The lowest BCUT2D eigenvalue weighted by molar-refractivity contribution is 0.107. The summed E-state index contributed by atoms with van der Waals surface area (Å²) < 4.78 is 11.1. The molecule has 0 atom stereocenters. The zero-order valence-corrected chi connectivity index (χ0v) is 17.0. The molecule has 4 rings (SSSR count). The number of hydrogen-bond acceptors (Lipinski definition) is 6. The number of nitrogens with zero attached hydrogens (tertiary/aromatic N) is 4. The van der Waals surface area contributed by atoms with E-state index in [4.69, 9.17) is 21.1 Å². The van der Waals surface area contributed by atoms with Crippen LogP contribution in [0.25, 0.3) is 0 Å². The molecule has 0 saturated carbocycles. The van der Waals surface area contributed by atoms with E-state index in [1.165, 1.54) is 6.20 Å². The highest BCUT2D eigenvalue weighted by Crippen LogP contribution is 2.23. The van der Waals surface area contributed by atoms with E-state index < -0.39 is 0 Å². The molecule has 1 saturated heterocycles. The Balaban J connectivity index is 1.25. The summed E-state index contributed by atoms with van der Waals surface area (Å²) in [5.74, 6) is 1.49. The van der Waals surface area contributed by atoms with Crippen LogP contribution in [0.1, 0.15) is 5.69 Å². The van der Waals surface area contributed by atoms with E-state index in [2.05, 4.69) is 14.9 Å². The van der Waals surface area contributed by atoms with Crippen LogP contribution in [0, 0.1) is 0 Å². The van der Waals surface area contributed by atoms with Gasteiger partial charge < -0.3 is 14.4 Å². The Bertz CT molecular complexity index is 960. The van der Waals surface area contributed by atoms with Gasteiger partial charge in [0.25, 0.3) is 0 Å². The summed E-state index contributed by atoms with van der Waals surface area (Å²) in [6.45, 7) is 3.59. The number of carbonyl (C=O) groups excluding carboxylic acids is 1. The Labute approximate surface area is 179 Å². The van der Waals surface area contributed by atoms with Crippen molar-refractivity contribution in [2.24, 2.45) is 0 Å². The van der Waals surface area contributed by atoms with Gasteiger partial charge in [0.15, 0.2) is 0 Å². The van der Waals surface area contributed by atoms with E-state index in [0.29, 0.717) is 35.5 Å². The van der Waals surface area contributed by atoms with Crippen LogP contribution in [0.5, 0.6) is 17.4 Å². The number of aromatic nitrogens is 2. The van der Waals surface area contributed by atoms with E-state index in [9.17, 15) is 4.79 Å². The second-order valence-corrected chi connectivity index (χ2v) is 7.28. The second kappa shape index (κ2) is 9.56. The summed E-state index contributed by atoms with van der Waals surface area (Å²) in [4.78, 5) is 24.9. The normalized spacial score (nSPS) is 14.4. The van der Waals surface area contributed by atoms with Gasteiger partial charge in [0.1, 0.15) is 11.5 Å². The fourth-order valence-electron chi connectivity index (χ4n) is 3.09. The maximum atomic E-state index is 12.5. The van der Waals surface area contributed by atoms with Crippen molar-refractivity contribution in [1.29, 1.82) is 0 Å². The predicted molar refractivity (Wildman–Crippen MR) is 113 cm³/mol. The molecule has 0 N–H and O–H groups in total. The van der Waals surface area contributed by atoms with Gasteiger partial charge in [-0.15, -0.1) is 0 Å². The van der Waals surface area contributed by atoms with Gasteiger partial charge in [-0.25, -0.2) is 9.78 Å². The predicted octanol–water partition coefficient (Wildman–Crippen LogP) is 4.24. The maximum absolute atomic E-state index is 12.5. The summed E-state index contributed by atoms with van der Waals surface area (Å²) in [5.41, 5.74) is 1.03. The molecule has 30 heavy (non-hydrogen) atoms. The quantitative estimate of drug-likeness (QED) is 0.610. The topological polar surface area (TPSA) is 67.8 Å². The van der Waals surface area contributed by atoms with Crippen LogP contribution in [0.4, 0.5) is 4.79 Å². The number of halogens is 1. The molecule has 1 aliphatic rings. The Morgan fingerprint density at radius 2 is 1.70 bits per heavy atom. The largest absolute Gasteiger partial charge is 0.439 e. The summed E-state index contributed by atoms with van der Waals surface area (Å²) >= 11 is 5.82. The zero-order valence-electron chi connectivity index (χ0n) is 16.3. The molecule has 7 nitrogen and oxygen atoms in total. The molecular formula is C22H21ClN4O3. The van der Waals surface area contributed by atoms with Gasteiger partial charge in [-0.2, -0.15) is 0 Å². The number of amides is 1. The van der Waals surface area contributed by atoms with Crippen LogP contribution in [0.3, 0.4) is 0 Å². The van der Waals surface area contributed by atoms with Gasteiger partial charge in [-0.05, 0) is 42.5 Å². The van der Waals surface area contributed by atoms with Crippen molar-refractivity contribution in [3.63, 3.8) is 0 Å². The minimum absolute atomic E-state index is 0.347. The molecule has 0 aliphatic carbocycles. The minimum Gasteiger partial charge on any atom is -0.439 e. The first-order chi connectivity index (χ1) is 14.7. The van der Waals surface area contributed by atoms with E-state index in [-0.39, 0.29) is 6.09 Å². The minimum atomic E-state index is -0.347. The molecule has 0 spiro atoms. The Morgan fingerprint density at radius 3 is 2.37 bits per heavy atom. The number of ether oxygens (including phenoxy) is 2. The highest BCUT2D eigenvalue weighted by molar-refractivity contribution is 6.30. The van der Waals surface area contributed by atoms with Crippen molar-refractivity contribution in [3.8, 4) is 17.4 Å². The van der Waals surface area contributed by atoms with Crippen molar-refractivity contribution in [2.45, 2.75) is 6.54 Å². The van der Waals surface area contributed by atoms with E-state index in [0.717, 1.165) is 25.3 Å². The summed E-state index contributed by atoms with van der Waals surface area (Å²) in [5, 5.41) is 0.544. The lowest BCUT2D eigenvalue weighted by atomic mass is 10.3. The lowest BCUT2D eigenvalue weighted by Crippen LogP contribution is -2.49. The summed E-state index contributed by atoms with van der Waals surface area (Å²) in [6, 6.07) is 16.1. The highest BCUT2D eigenvalue weighted by Gasteiger charge is 2.22. The molecule has 2 aromatic heterocycles. The molecule has 3 heterocycles. The van der Waals surface area contributed by atoms with Gasteiger partial charge in [-0.1, -0.05) is 17.7 Å². The molecule has 1 amide bonds. The number of carbonyl (C=O) groups is 1. The molecule has 1 aromatic carbocycles. The average Bonchev–Trinajstić information content (AvgIpc) is 2.78.